The van der Waals surface area contributed by atoms with Gasteiger partial charge in [-0.1, -0.05) is 6.07 Å². The first kappa shape index (κ1) is 19.4. The minimum Gasteiger partial charge on any atom is -0.494 e. The predicted molar refractivity (Wildman–Crippen MR) is 108 cm³/mol. The van der Waals surface area contributed by atoms with E-state index in [0.717, 1.165) is 0 Å². The third-order valence-electron chi connectivity index (χ3n) is 3.94. The van der Waals surface area contributed by atoms with Gasteiger partial charge in [-0.2, -0.15) is 0 Å². The number of hydrogen-bond donors (Lipinski definition) is 2. The number of anilines is 3. The first-order valence-electron chi connectivity index (χ1n) is 8.24. The van der Waals surface area contributed by atoms with E-state index in [4.69, 9.17) is 10.5 Å². The van der Waals surface area contributed by atoms with Crippen molar-refractivity contribution in [3.63, 3.8) is 0 Å². The number of carbonyl (C=O) groups excluding carboxylic acids is 1. The Hall–Kier alpha value is -3.32. The molecule has 0 amide bonds. The van der Waals surface area contributed by atoms with Crippen molar-refractivity contribution in [2.24, 2.45) is 0 Å². The number of aromatic nitrogens is 4. The number of para-hydroxylation sites is 1. The second kappa shape index (κ2) is 7.74. The van der Waals surface area contributed by atoms with E-state index >= 15 is 0 Å². The number of nitrogens with one attached hydrogen (secondary N) is 1. The molecule has 3 aromatic rings. The molecule has 0 aliphatic carbocycles. The van der Waals surface area contributed by atoms with Crippen LogP contribution >= 0.6 is 7.14 Å². The number of benzene rings is 1. The standard InChI is InChI=1S/C18H19N6O3P/c1-27-17-12(18-20-8-11(9-21-18)28(2,3)26)5-4-6-13(17)22-14-7-16(19)24-23-15(14)10-25/h4-10H,1-3H3,(H3,19,22,24). The first-order valence-corrected chi connectivity index (χ1v) is 10.8. The van der Waals surface area contributed by atoms with Crippen molar-refractivity contribution in [3.05, 3.63) is 42.4 Å². The first-order chi connectivity index (χ1) is 13.3. The van der Waals surface area contributed by atoms with Crippen molar-refractivity contribution < 1.29 is 14.1 Å². The van der Waals surface area contributed by atoms with E-state index in [9.17, 15) is 9.36 Å². The quantitative estimate of drug-likeness (QED) is 0.474. The molecule has 1 aromatic carbocycles. The molecule has 0 radical (unpaired) electrons. The van der Waals surface area contributed by atoms with Crippen molar-refractivity contribution in [1.82, 2.24) is 20.2 Å². The third kappa shape index (κ3) is 3.99. The Balaban J connectivity index is 2.03. The Morgan fingerprint density at radius 3 is 2.46 bits per heavy atom. The fraction of sp³-hybridized carbons (Fsp3) is 0.167. The number of methoxy groups -OCH3 is 1. The maximum Gasteiger partial charge on any atom is 0.172 e. The normalized spacial score (nSPS) is 11.1. The Labute approximate surface area is 161 Å². The molecule has 0 atom stereocenters. The number of carbonyl (C=O) groups is 1. The van der Waals surface area contributed by atoms with Gasteiger partial charge in [-0.05, 0) is 25.5 Å². The van der Waals surface area contributed by atoms with Crippen LogP contribution in [0.3, 0.4) is 0 Å². The molecule has 3 rings (SSSR count). The summed E-state index contributed by atoms with van der Waals surface area (Å²) in [5, 5.41) is 11.1. The smallest absolute Gasteiger partial charge is 0.172 e. The van der Waals surface area contributed by atoms with Gasteiger partial charge < -0.3 is 20.4 Å². The summed E-state index contributed by atoms with van der Waals surface area (Å²) in [5.74, 6) is 1.06. The van der Waals surface area contributed by atoms with Crippen LogP contribution in [0.1, 0.15) is 10.5 Å². The summed E-state index contributed by atoms with van der Waals surface area (Å²) in [6.45, 7) is 3.32. The Kier molecular flexibility index (Phi) is 5.37. The lowest BCUT2D eigenvalue weighted by molar-refractivity contribution is 0.111. The molecule has 9 nitrogen and oxygen atoms in total. The maximum absolute atomic E-state index is 12.2. The minimum absolute atomic E-state index is 0.115. The molecule has 10 heteroatoms. The van der Waals surface area contributed by atoms with Gasteiger partial charge in [-0.25, -0.2) is 9.97 Å². The van der Waals surface area contributed by atoms with E-state index in [1.165, 1.54) is 13.2 Å². The van der Waals surface area contributed by atoms with Crippen LogP contribution in [-0.4, -0.2) is 46.9 Å². The summed E-state index contributed by atoms with van der Waals surface area (Å²) in [7, 11) is -0.926. The van der Waals surface area contributed by atoms with Crippen LogP contribution in [0.4, 0.5) is 17.2 Å². The van der Waals surface area contributed by atoms with Gasteiger partial charge in [0.1, 0.15) is 18.7 Å². The Morgan fingerprint density at radius 1 is 1.14 bits per heavy atom. The third-order valence-corrected chi connectivity index (χ3v) is 5.42. The van der Waals surface area contributed by atoms with Crippen molar-refractivity contribution >= 4 is 35.9 Å². The highest BCUT2D eigenvalue weighted by atomic mass is 31.2. The van der Waals surface area contributed by atoms with Gasteiger partial charge in [-0.3, -0.25) is 4.79 Å². The minimum atomic E-state index is -2.44. The van der Waals surface area contributed by atoms with Crippen molar-refractivity contribution in [1.29, 1.82) is 0 Å². The number of rotatable bonds is 6. The summed E-state index contributed by atoms with van der Waals surface area (Å²) in [4.78, 5) is 19.9. The number of nitrogens with two attached hydrogens (primary N) is 1. The molecule has 0 spiro atoms. The SMILES string of the molecule is COc1c(Nc2cc(N)nnc2C=O)cccc1-c1ncc(P(C)(C)=O)cn1. The molecule has 0 bridgehead atoms. The monoisotopic (exact) mass is 398 g/mol. The number of nitrogen functional groups attached to an aromatic ring is 1. The predicted octanol–water partition coefficient (Wildman–Crippen LogP) is 2.33. The molecule has 0 aliphatic rings. The van der Waals surface area contributed by atoms with E-state index < -0.39 is 7.14 Å². The average Bonchev–Trinajstić information content (AvgIpc) is 2.67. The summed E-state index contributed by atoms with van der Waals surface area (Å²) in [6.07, 6.45) is 3.70. The number of aldehydes is 1. The van der Waals surface area contributed by atoms with Crippen LogP contribution in [-0.2, 0) is 4.57 Å². The van der Waals surface area contributed by atoms with Gasteiger partial charge in [0.2, 0.25) is 0 Å². The van der Waals surface area contributed by atoms with Gasteiger partial charge in [0.05, 0.1) is 24.0 Å². The highest BCUT2D eigenvalue weighted by Crippen LogP contribution is 2.38. The van der Waals surface area contributed by atoms with E-state index in [1.54, 1.807) is 43.9 Å². The summed E-state index contributed by atoms with van der Waals surface area (Å²) in [6, 6.07) is 6.87. The number of nitrogens with zero attached hydrogens (tertiary/aromatic N) is 4. The molecule has 0 fully saturated rings. The molecule has 2 aromatic heterocycles. The zero-order chi connectivity index (χ0) is 20.3. The van der Waals surface area contributed by atoms with Crippen molar-refractivity contribution in [3.8, 4) is 17.1 Å². The molecular formula is C18H19N6O3P. The van der Waals surface area contributed by atoms with Gasteiger partial charge in [0.15, 0.2) is 17.9 Å². The number of ether oxygens (including phenoxy) is 1. The van der Waals surface area contributed by atoms with Crippen LogP contribution in [0.15, 0.2) is 36.7 Å². The number of hydrogen-bond acceptors (Lipinski definition) is 9. The molecule has 3 N–H and O–H groups in total. The topological polar surface area (TPSA) is 133 Å². The van der Waals surface area contributed by atoms with Gasteiger partial charge >= 0.3 is 0 Å². The van der Waals surface area contributed by atoms with Gasteiger partial charge in [0, 0.05) is 23.8 Å². The van der Waals surface area contributed by atoms with E-state index in [1.807, 2.05) is 0 Å². The molecular weight excluding hydrogens is 379 g/mol. The average molecular weight is 398 g/mol. The van der Waals surface area contributed by atoms with Crippen LogP contribution in [0.5, 0.6) is 5.75 Å². The largest absolute Gasteiger partial charge is 0.494 e. The zero-order valence-corrected chi connectivity index (χ0v) is 16.5. The lowest BCUT2D eigenvalue weighted by Crippen LogP contribution is -2.07. The van der Waals surface area contributed by atoms with Crippen LogP contribution < -0.4 is 21.1 Å². The second-order valence-electron chi connectivity index (χ2n) is 6.31. The fourth-order valence-electron chi connectivity index (χ4n) is 2.52. The van der Waals surface area contributed by atoms with Gasteiger partial charge in [-0.15, -0.1) is 10.2 Å². The Bertz CT molecular complexity index is 1070. The second-order valence-corrected chi connectivity index (χ2v) is 9.53. The molecule has 0 aliphatic heterocycles. The van der Waals surface area contributed by atoms with Crippen molar-refractivity contribution in [2.45, 2.75) is 0 Å². The highest BCUT2D eigenvalue weighted by molar-refractivity contribution is 7.70. The molecule has 28 heavy (non-hydrogen) atoms. The molecule has 144 valence electrons. The lowest BCUT2D eigenvalue weighted by Gasteiger charge is -2.15. The van der Waals surface area contributed by atoms with Crippen LogP contribution in [0.2, 0.25) is 0 Å². The molecule has 2 heterocycles. The van der Waals surface area contributed by atoms with Gasteiger partial charge in [0.25, 0.3) is 0 Å². The zero-order valence-electron chi connectivity index (χ0n) is 15.6. The molecule has 0 saturated carbocycles. The van der Waals surface area contributed by atoms with Crippen LogP contribution in [0, 0.1) is 0 Å². The van der Waals surface area contributed by atoms with Crippen molar-refractivity contribution in [2.75, 3.05) is 31.5 Å². The summed E-state index contributed by atoms with van der Waals surface area (Å²) in [5.41, 5.74) is 7.38. The van der Waals surface area contributed by atoms with E-state index in [2.05, 4.69) is 25.5 Å². The van der Waals surface area contributed by atoms with Crippen LogP contribution in [0.25, 0.3) is 11.4 Å². The summed E-state index contributed by atoms with van der Waals surface area (Å²) < 4.78 is 17.7. The highest BCUT2D eigenvalue weighted by Gasteiger charge is 2.17. The fourth-order valence-corrected chi connectivity index (χ4v) is 3.19. The molecule has 0 unspecified atom stereocenters. The maximum atomic E-state index is 12.2. The lowest BCUT2D eigenvalue weighted by atomic mass is 10.1. The summed E-state index contributed by atoms with van der Waals surface area (Å²) >= 11 is 0. The van der Waals surface area contributed by atoms with E-state index in [0.29, 0.717) is 40.1 Å². The molecule has 0 saturated heterocycles. The van der Waals surface area contributed by atoms with E-state index in [-0.39, 0.29) is 11.5 Å². The Morgan fingerprint density at radius 2 is 1.86 bits per heavy atom.